The first kappa shape index (κ1) is 18.5. The first-order valence-corrected chi connectivity index (χ1v) is 8.87. The van der Waals surface area contributed by atoms with Crippen molar-refractivity contribution < 1.29 is 24.1 Å². The van der Waals surface area contributed by atoms with E-state index in [4.69, 9.17) is 14.2 Å². The summed E-state index contributed by atoms with van der Waals surface area (Å²) < 4.78 is 16.1. The summed E-state index contributed by atoms with van der Waals surface area (Å²) in [4.78, 5) is 12.7. The lowest BCUT2D eigenvalue weighted by molar-refractivity contribution is -0.112. The zero-order valence-corrected chi connectivity index (χ0v) is 15.8. The molecular formula is C21H26O5. The van der Waals surface area contributed by atoms with Gasteiger partial charge in [0.1, 0.15) is 5.75 Å². The zero-order valence-electron chi connectivity index (χ0n) is 15.8. The molecule has 0 heterocycles. The van der Waals surface area contributed by atoms with E-state index in [-0.39, 0.29) is 11.2 Å². The molecule has 1 N–H and O–H groups in total. The molecule has 26 heavy (non-hydrogen) atoms. The molecule has 0 amide bonds. The van der Waals surface area contributed by atoms with Gasteiger partial charge in [-0.3, -0.25) is 4.79 Å². The van der Waals surface area contributed by atoms with Gasteiger partial charge in [-0.1, -0.05) is 12.5 Å². The minimum atomic E-state index is -0.425. The Morgan fingerprint density at radius 2 is 1.77 bits per heavy atom. The van der Waals surface area contributed by atoms with Crippen LogP contribution in [0, 0.1) is 5.41 Å². The first-order chi connectivity index (χ1) is 12.4. The number of aliphatic hydroxyl groups excluding tert-OH is 1. The number of aliphatic hydroxyl groups is 1. The number of methoxy groups -OCH3 is 3. The molecule has 2 aliphatic carbocycles. The molecule has 0 radical (unpaired) electrons. The van der Waals surface area contributed by atoms with E-state index in [1.165, 1.54) is 0 Å². The van der Waals surface area contributed by atoms with Crippen LogP contribution in [0.15, 0.2) is 29.4 Å². The van der Waals surface area contributed by atoms with Crippen LogP contribution in [0.4, 0.5) is 0 Å². The lowest BCUT2D eigenvalue weighted by atomic mass is 9.63. The smallest absolute Gasteiger partial charge is 0.181 e. The number of ether oxygens (including phenoxy) is 3. The molecule has 5 nitrogen and oxygen atoms in total. The van der Waals surface area contributed by atoms with Gasteiger partial charge in [0.15, 0.2) is 17.3 Å². The summed E-state index contributed by atoms with van der Waals surface area (Å²) in [5.74, 6) is 1.75. The number of ketones is 1. The van der Waals surface area contributed by atoms with E-state index in [9.17, 15) is 9.90 Å². The average Bonchev–Trinajstić information content (AvgIpc) is 2.64. The number of carbonyl (C=O) groups is 1. The van der Waals surface area contributed by atoms with E-state index in [1.54, 1.807) is 39.5 Å². The highest BCUT2D eigenvalue weighted by molar-refractivity contribution is 6.09. The van der Waals surface area contributed by atoms with Crippen LogP contribution in [0.1, 0.15) is 38.2 Å². The van der Waals surface area contributed by atoms with Crippen molar-refractivity contribution in [3.63, 3.8) is 0 Å². The molecule has 140 valence electrons. The van der Waals surface area contributed by atoms with Crippen LogP contribution in [0.2, 0.25) is 0 Å². The molecule has 3 rings (SSSR count). The second kappa shape index (κ2) is 7.16. The highest BCUT2D eigenvalue weighted by Gasteiger charge is 2.43. The quantitative estimate of drug-likeness (QED) is 0.834. The summed E-state index contributed by atoms with van der Waals surface area (Å²) >= 11 is 0. The van der Waals surface area contributed by atoms with Crippen molar-refractivity contribution in [1.29, 1.82) is 0 Å². The Balaban J connectivity index is 2.05. The van der Waals surface area contributed by atoms with Crippen molar-refractivity contribution in [2.45, 2.75) is 38.7 Å². The molecule has 2 atom stereocenters. The third kappa shape index (κ3) is 3.12. The van der Waals surface area contributed by atoms with E-state index in [0.29, 0.717) is 29.2 Å². The Kier molecular flexibility index (Phi) is 5.10. The van der Waals surface area contributed by atoms with Gasteiger partial charge in [-0.25, -0.2) is 0 Å². The molecule has 1 aromatic rings. The molecule has 0 unspecified atom stereocenters. The summed E-state index contributed by atoms with van der Waals surface area (Å²) in [6.45, 7) is 2.05. The number of carbonyl (C=O) groups excluding carboxylic acids is 1. The fourth-order valence-electron chi connectivity index (χ4n) is 3.98. The van der Waals surface area contributed by atoms with Crippen molar-refractivity contribution in [2.24, 2.45) is 5.41 Å². The molecule has 0 aromatic heterocycles. The standard InChI is InChI=1S/C21H26O5/c1-21-12-14(16(22)10-15(21)6-5-7-20(21)23)8-13-9-18(25-3)19(26-4)11-17(13)24-2/h8-11,20,23H,5-7,12H2,1-4H3/t20-,21-/m0/s1. The maximum atomic E-state index is 12.7. The van der Waals surface area contributed by atoms with Gasteiger partial charge in [-0.05, 0) is 43.9 Å². The number of benzene rings is 1. The molecule has 0 saturated heterocycles. The number of allylic oxidation sites excluding steroid dienone is 2. The molecular weight excluding hydrogens is 332 g/mol. The van der Waals surface area contributed by atoms with Gasteiger partial charge in [0.25, 0.3) is 0 Å². The van der Waals surface area contributed by atoms with Gasteiger partial charge in [0.2, 0.25) is 0 Å². The number of hydrogen-bond acceptors (Lipinski definition) is 5. The molecule has 0 bridgehead atoms. The Hall–Kier alpha value is -2.27. The largest absolute Gasteiger partial charge is 0.496 e. The van der Waals surface area contributed by atoms with Gasteiger partial charge in [-0.2, -0.15) is 0 Å². The van der Waals surface area contributed by atoms with Crippen molar-refractivity contribution in [1.82, 2.24) is 0 Å². The third-order valence-corrected chi connectivity index (χ3v) is 5.64. The first-order valence-electron chi connectivity index (χ1n) is 8.87. The monoisotopic (exact) mass is 358 g/mol. The Bertz CT molecular complexity index is 777. The molecule has 0 spiro atoms. The highest BCUT2D eigenvalue weighted by atomic mass is 16.5. The summed E-state index contributed by atoms with van der Waals surface area (Å²) in [5.41, 5.74) is 2.11. The number of fused-ring (bicyclic) bond motifs is 1. The van der Waals surface area contributed by atoms with E-state index in [2.05, 4.69) is 6.92 Å². The lowest BCUT2D eigenvalue weighted by Crippen LogP contribution is -2.41. The molecule has 1 saturated carbocycles. The fraction of sp³-hybridized carbons (Fsp3) is 0.476. The SMILES string of the molecule is COc1cc(OC)c(OC)cc1C=C1C[C@@]2(C)C(=CC1=O)CCC[C@@H]2O. The number of hydrogen-bond donors (Lipinski definition) is 1. The Morgan fingerprint density at radius 3 is 2.42 bits per heavy atom. The van der Waals surface area contributed by atoms with Crippen LogP contribution < -0.4 is 14.2 Å². The number of rotatable bonds is 4. The summed E-state index contributed by atoms with van der Waals surface area (Å²) in [6, 6.07) is 3.55. The van der Waals surface area contributed by atoms with Gasteiger partial charge in [0.05, 0.1) is 27.4 Å². The van der Waals surface area contributed by atoms with Crippen LogP contribution in [0.3, 0.4) is 0 Å². The minimum Gasteiger partial charge on any atom is -0.496 e. The van der Waals surface area contributed by atoms with Crippen molar-refractivity contribution in [3.8, 4) is 17.2 Å². The van der Waals surface area contributed by atoms with E-state index in [0.717, 1.165) is 30.4 Å². The normalized spacial score (nSPS) is 27.0. The summed E-state index contributed by atoms with van der Waals surface area (Å²) in [7, 11) is 4.72. The van der Waals surface area contributed by atoms with Gasteiger partial charge in [-0.15, -0.1) is 0 Å². The summed E-state index contributed by atoms with van der Waals surface area (Å²) in [6.07, 6.45) is 6.23. The van der Waals surface area contributed by atoms with Crippen LogP contribution in [0.25, 0.3) is 6.08 Å². The minimum absolute atomic E-state index is 0.00316. The van der Waals surface area contributed by atoms with E-state index >= 15 is 0 Å². The Labute approximate surface area is 154 Å². The third-order valence-electron chi connectivity index (χ3n) is 5.64. The van der Waals surface area contributed by atoms with Crippen LogP contribution in [-0.2, 0) is 4.79 Å². The van der Waals surface area contributed by atoms with Crippen LogP contribution in [0.5, 0.6) is 17.2 Å². The molecule has 5 heteroatoms. The Morgan fingerprint density at radius 1 is 1.12 bits per heavy atom. The molecule has 2 aliphatic rings. The van der Waals surface area contributed by atoms with Crippen molar-refractivity contribution >= 4 is 11.9 Å². The maximum Gasteiger partial charge on any atom is 0.181 e. The van der Waals surface area contributed by atoms with Crippen LogP contribution >= 0.6 is 0 Å². The van der Waals surface area contributed by atoms with E-state index in [1.807, 2.05) is 6.08 Å². The topological polar surface area (TPSA) is 65.0 Å². The average molecular weight is 358 g/mol. The van der Waals surface area contributed by atoms with Crippen molar-refractivity contribution in [2.75, 3.05) is 21.3 Å². The molecule has 0 aliphatic heterocycles. The van der Waals surface area contributed by atoms with Gasteiger partial charge < -0.3 is 19.3 Å². The lowest BCUT2D eigenvalue weighted by Gasteiger charge is -2.43. The van der Waals surface area contributed by atoms with Gasteiger partial charge in [0, 0.05) is 22.6 Å². The van der Waals surface area contributed by atoms with Crippen molar-refractivity contribution in [3.05, 3.63) is 34.9 Å². The van der Waals surface area contributed by atoms with Gasteiger partial charge >= 0.3 is 0 Å². The molecule has 1 fully saturated rings. The predicted molar refractivity (Wildman–Crippen MR) is 99.7 cm³/mol. The predicted octanol–water partition coefficient (Wildman–Crippen LogP) is 3.55. The van der Waals surface area contributed by atoms with E-state index < -0.39 is 6.10 Å². The highest BCUT2D eigenvalue weighted by Crippen LogP contribution is 2.48. The van der Waals surface area contributed by atoms with Crippen LogP contribution in [-0.4, -0.2) is 38.3 Å². The maximum absolute atomic E-state index is 12.7. The summed E-state index contributed by atoms with van der Waals surface area (Å²) in [5, 5.41) is 10.5. The molecule has 1 aromatic carbocycles. The second-order valence-electron chi connectivity index (χ2n) is 7.15. The fourth-order valence-corrected chi connectivity index (χ4v) is 3.98. The zero-order chi connectivity index (χ0) is 18.9. The second-order valence-corrected chi connectivity index (χ2v) is 7.15.